The Hall–Kier alpha value is -0.390. The van der Waals surface area contributed by atoms with Crippen LogP contribution in [0.4, 0.5) is 0 Å². The topological polar surface area (TPSA) is 46.2 Å². The largest absolute Gasteiger partial charge is 0.312 e. The van der Waals surface area contributed by atoms with Crippen LogP contribution in [0.2, 0.25) is 0 Å². The van der Waals surface area contributed by atoms with Crippen LogP contribution in [0.5, 0.6) is 0 Å². The molecule has 0 saturated carbocycles. The van der Waals surface area contributed by atoms with Gasteiger partial charge >= 0.3 is 0 Å². The second-order valence-electron chi connectivity index (χ2n) is 3.37. The normalized spacial score (nSPS) is 14.2. The predicted octanol–water partition coefficient (Wildman–Crippen LogP) is 1.36. The molecule has 0 aliphatic heterocycles. The molecule has 3 nitrogen and oxygen atoms in total. The van der Waals surface area contributed by atoms with Crippen molar-refractivity contribution in [3.63, 3.8) is 0 Å². The van der Waals surface area contributed by atoms with Crippen molar-refractivity contribution >= 4 is 21.2 Å². The van der Waals surface area contributed by atoms with Gasteiger partial charge in [0.25, 0.3) is 0 Å². The first-order valence-electron chi connectivity index (χ1n) is 4.33. The third-order valence-corrected chi connectivity index (χ3v) is 3.89. The molecule has 0 aliphatic rings. The van der Waals surface area contributed by atoms with Crippen LogP contribution in [0.3, 0.4) is 0 Å². The highest BCUT2D eigenvalue weighted by atomic mass is 32.2. The Morgan fingerprint density at radius 3 is 2.57 bits per heavy atom. The van der Waals surface area contributed by atoms with Gasteiger partial charge in [0.15, 0.2) is 0 Å². The zero-order chi connectivity index (χ0) is 10.8. The number of sulfone groups is 1. The molecule has 5 heteroatoms. The predicted molar refractivity (Wildman–Crippen MR) is 60.6 cm³/mol. The van der Waals surface area contributed by atoms with Crippen LogP contribution in [-0.4, -0.2) is 27.5 Å². The van der Waals surface area contributed by atoms with Gasteiger partial charge in [-0.15, -0.1) is 11.3 Å². The summed E-state index contributed by atoms with van der Waals surface area (Å²) in [5, 5.41) is 5.01. The summed E-state index contributed by atoms with van der Waals surface area (Å²) in [6, 6.07) is 1.89. The molecule has 0 radical (unpaired) electrons. The van der Waals surface area contributed by atoms with Gasteiger partial charge < -0.3 is 5.32 Å². The molecule has 14 heavy (non-hydrogen) atoms. The summed E-state index contributed by atoms with van der Waals surface area (Å²) in [6.07, 6.45) is 1.26. The van der Waals surface area contributed by atoms with Crippen LogP contribution in [-0.2, 0) is 9.84 Å². The number of rotatable bonds is 4. The second-order valence-corrected chi connectivity index (χ2v) is 6.67. The maximum atomic E-state index is 11.2. The molecule has 0 aliphatic carbocycles. The van der Waals surface area contributed by atoms with Gasteiger partial charge in [-0.05, 0) is 31.0 Å². The molecule has 1 aromatic rings. The van der Waals surface area contributed by atoms with E-state index >= 15 is 0 Å². The number of hydrogen-bond acceptors (Lipinski definition) is 4. The fraction of sp³-hybridized carbons (Fsp3) is 0.556. The molecule has 0 saturated heterocycles. The van der Waals surface area contributed by atoms with Crippen molar-refractivity contribution in [2.24, 2.45) is 0 Å². The molecule has 0 spiro atoms. The summed E-state index contributed by atoms with van der Waals surface area (Å²) in [6.45, 7) is 2.01. The van der Waals surface area contributed by atoms with E-state index in [9.17, 15) is 8.42 Å². The van der Waals surface area contributed by atoms with E-state index in [0.717, 1.165) is 5.56 Å². The minimum absolute atomic E-state index is 0.0868. The third kappa shape index (κ3) is 3.08. The molecule has 0 aromatic carbocycles. The standard InChI is InChI=1S/C9H15NO2S2/c1-7-8(4-5-13-7)9(10-2)6-14(3,11)12/h4-5,9-10H,6H2,1-3H3. The highest BCUT2D eigenvalue weighted by molar-refractivity contribution is 7.90. The molecular weight excluding hydrogens is 218 g/mol. The maximum absolute atomic E-state index is 11.2. The van der Waals surface area contributed by atoms with Crippen molar-refractivity contribution in [2.45, 2.75) is 13.0 Å². The average molecular weight is 233 g/mol. The zero-order valence-corrected chi connectivity index (χ0v) is 10.2. The summed E-state index contributed by atoms with van der Waals surface area (Å²) < 4.78 is 22.3. The lowest BCUT2D eigenvalue weighted by molar-refractivity contribution is 0.579. The minimum Gasteiger partial charge on any atom is -0.312 e. The Balaban J connectivity index is 2.89. The van der Waals surface area contributed by atoms with Crippen LogP contribution in [0.25, 0.3) is 0 Å². The van der Waals surface area contributed by atoms with Gasteiger partial charge in [0, 0.05) is 17.2 Å². The Kier molecular flexibility index (Phi) is 3.69. The number of hydrogen-bond donors (Lipinski definition) is 1. The van der Waals surface area contributed by atoms with Crippen molar-refractivity contribution in [3.8, 4) is 0 Å². The van der Waals surface area contributed by atoms with E-state index < -0.39 is 9.84 Å². The fourth-order valence-electron chi connectivity index (χ4n) is 1.39. The van der Waals surface area contributed by atoms with Gasteiger partial charge in [0.1, 0.15) is 9.84 Å². The van der Waals surface area contributed by atoms with Crippen LogP contribution in [0.1, 0.15) is 16.5 Å². The highest BCUT2D eigenvalue weighted by Gasteiger charge is 2.17. The van der Waals surface area contributed by atoms with Gasteiger partial charge in [-0.25, -0.2) is 8.42 Å². The first-order valence-corrected chi connectivity index (χ1v) is 7.27. The molecular formula is C9H15NO2S2. The van der Waals surface area contributed by atoms with Gasteiger partial charge in [-0.1, -0.05) is 0 Å². The summed E-state index contributed by atoms with van der Waals surface area (Å²) in [7, 11) is -1.15. The molecule has 1 unspecified atom stereocenters. The monoisotopic (exact) mass is 233 g/mol. The average Bonchev–Trinajstić information content (AvgIpc) is 2.45. The zero-order valence-electron chi connectivity index (χ0n) is 8.57. The molecule has 0 amide bonds. The molecule has 1 heterocycles. The lowest BCUT2D eigenvalue weighted by Gasteiger charge is -2.14. The van der Waals surface area contributed by atoms with E-state index in [1.165, 1.54) is 11.1 Å². The van der Waals surface area contributed by atoms with E-state index in [-0.39, 0.29) is 11.8 Å². The molecule has 80 valence electrons. The molecule has 0 fully saturated rings. The second kappa shape index (κ2) is 4.42. The molecule has 1 N–H and O–H groups in total. The Morgan fingerprint density at radius 1 is 1.57 bits per heavy atom. The van der Waals surface area contributed by atoms with E-state index in [1.807, 2.05) is 18.4 Å². The molecule has 1 atom stereocenters. The van der Waals surface area contributed by atoms with E-state index in [0.29, 0.717) is 0 Å². The van der Waals surface area contributed by atoms with Gasteiger partial charge in [0.2, 0.25) is 0 Å². The van der Waals surface area contributed by atoms with Crippen LogP contribution < -0.4 is 5.32 Å². The van der Waals surface area contributed by atoms with Crippen LogP contribution in [0, 0.1) is 6.92 Å². The van der Waals surface area contributed by atoms with Crippen LogP contribution in [0.15, 0.2) is 11.4 Å². The Bertz CT molecular complexity index is 395. The number of thiophene rings is 1. The van der Waals surface area contributed by atoms with E-state index in [1.54, 1.807) is 18.4 Å². The first-order chi connectivity index (χ1) is 6.44. The number of aryl methyl sites for hydroxylation is 1. The van der Waals surface area contributed by atoms with E-state index in [2.05, 4.69) is 5.32 Å². The molecule has 0 bridgehead atoms. The molecule has 1 aromatic heterocycles. The molecule has 1 rings (SSSR count). The SMILES string of the molecule is CNC(CS(C)(=O)=O)c1ccsc1C. The maximum Gasteiger partial charge on any atom is 0.149 e. The quantitative estimate of drug-likeness (QED) is 0.854. The van der Waals surface area contributed by atoms with Crippen LogP contribution >= 0.6 is 11.3 Å². The van der Waals surface area contributed by atoms with Crippen molar-refractivity contribution < 1.29 is 8.42 Å². The highest BCUT2D eigenvalue weighted by Crippen LogP contribution is 2.23. The lowest BCUT2D eigenvalue weighted by Crippen LogP contribution is -2.24. The Labute approximate surface area is 89.1 Å². The number of nitrogens with one attached hydrogen (secondary N) is 1. The summed E-state index contributed by atoms with van der Waals surface area (Å²) in [5.74, 6) is 0.154. The summed E-state index contributed by atoms with van der Waals surface area (Å²) in [4.78, 5) is 1.17. The first kappa shape index (κ1) is 11.7. The third-order valence-electron chi connectivity index (χ3n) is 2.09. The Morgan fingerprint density at radius 2 is 2.21 bits per heavy atom. The van der Waals surface area contributed by atoms with Gasteiger partial charge in [0.05, 0.1) is 5.75 Å². The lowest BCUT2D eigenvalue weighted by atomic mass is 10.1. The van der Waals surface area contributed by atoms with Gasteiger partial charge in [-0.2, -0.15) is 0 Å². The fourth-order valence-corrected chi connectivity index (χ4v) is 3.10. The van der Waals surface area contributed by atoms with E-state index in [4.69, 9.17) is 0 Å². The van der Waals surface area contributed by atoms with Crippen molar-refractivity contribution in [3.05, 3.63) is 21.9 Å². The smallest absolute Gasteiger partial charge is 0.149 e. The summed E-state index contributed by atoms with van der Waals surface area (Å²) in [5.41, 5.74) is 1.09. The van der Waals surface area contributed by atoms with Crippen molar-refractivity contribution in [1.82, 2.24) is 5.32 Å². The summed E-state index contributed by atoms with van der Waals surface area (Å²) >= 11 is 1.64. The minimum atomic E-state index is -2.94. The van der Waals surface area contributed by atoms with Crippen molar-refractivity contribution in [2.75, 3.05) is 19.1 Å². The van der Waals surface area contributed by atoms with Crippen molar-refractivity contribution in [1.29, 1.82) is 0 Å². The van der Waals surface area contributed by atoms with Gasteiger partial charge in [-0.3, -0.25) is 0 Å².